The van der Waals surface area contributed by atoms with E-state index in [1.54, 1.807) is 0 Å². The van der Waals surface area contributed by atoms with Crippen molar-refractivity contribution in [3.63, 3.8) is 0 Å². The topological polar surface area (TPSA) is 110 Å². The van der Waals surface area contributed by atoms with Crippen LogP contribution in [0.1, 0.15) is 58.3 Å². The molecular formula is C12H21NaO7S. The molecule has 21 heavy (non-hydrogen) atoms. The molecule has 9 heteroatoms. The number of carboxylic acids is 1. The summed E-state index contributed by atoms with van der Waals surface area (Å²) in [7, 11) is -4.39. The maximum Gasteiger partial charge on any atom is 1.00 e. The molecule has 118 valence electrons. The molecule has 0 amide bonds. The molecule has 0 aromatic rings. The molecule has 0 fully saturated rings. The number of rotatable bonds is 12. The first kappa shape index (κ1) is 23.1. The molecule has 0 aromatic heterocycles. The van der Waals surface area contributed by atoms with Crippen LogP contribution in [-0.2, 0) is 28.4 Å². The van der Waals surface area contributed by atoms with Crippen LogP contribution in [0.25, 0.3) is 0 Å². The van der Waals surface area contributed by atoms with Crippen molar-refractivity contribution in [2.75, 3.05) is 6.61 Å². The Kier molecular flexibility index (Phi) is 14.9. The summed E-state index contributed by atoms with van der Waals surface area (Å²) in [5, 5.41) is 10.1. The Morgan fingerprint density at radius 1 is 1.00 bits per heavy atom. The molecule has 0 bridgehead atoms. The first-order valence-electron chi connectivity index (χ1n) is 6.69. The fourth-order valence-corrected chi connectivity index (χ4v) is 2.11. The van der Waals surface area contributed by atoms with Gasteiger partial charge < -0.3 is 14.1 Å². The minimum Gasteiger partial charge on any atom is -0.550 e. The summed E-state index contributed by atoms with van der Waals surface area (Å²) in [5.74, 6) is -2.62. The predicted octanol–water partition coefficient (Wildman–Crippen LogP) is -2.31. The monoisotopic (exact) mass is 332 g/mol. The molecule has 7 nitrogen and oxygen atoms in total. The van der Waals surface area contributed by atoms with Crippen LogP contribution in [0.4, 0.5) is 0 Å². The van der Waals surface area contributed by atoms with Crippen LogP contribution >= 0.6 is 0 Å². The Morgan fingerprint density at radius 2 is 1.57 bits per heavy atom. The van der Waals surface area contributed by atoms with Crippen molar-refractivity contribution in [1.82, 2.24) is 0 Å². The van der Waals surface area contributed by atoms with Gasteiger partial charge in [0.1, 0.15) is 0 Å². The first-order chi connectivity index (χ1) is 9.37. The molecule has 0 aromatic carbocycles. The van der Waals surface area contributed by atoms with Crippen molar-refractivity contribution in [2.24, 2.45) is 0 Å². The quantitative estimate of drug-likeness (QED) is 0.292. The minimum atomic E-state index is -4.39. The first-order valence-corrected chi connectivity index (χ1v) is 8.02. The third-order valence-corrected chi connectivity index (χ3v) is 3.30. The molecule has 0 rings (SSSR count). The van der Waals surface area contributed by atoms with Crippen molar-refractivity contribution >= 4 is 22.3 Å². The number of unbranched alkanes of at least 4 members (excludes halogenated alkanes) is 5. The van der Waals surface area contributed by atoms with E-state index in [1.165, 1.54) is 0 Å². The van der Waals surface area contributed by atoms with Gasteiger partial charge in [-0.3, -0.25) is 4.79 Å². The average molecular weight is 332 g/mol. The Balaban J connectivity index is 0. The predicted molar refractivity (Wildman–Crippen MR) is 68.6 cm³/mol. The van der Waals surface area contributed by atoms with Gasteiger partial charge in [-0.05, 0) is 12.8 Å². The van der Waals surface area contributed by atoms with Gasteiger partial charge in [-0.15, -0.1) is 0 Å². The molecular weight excluding hydrogens is 311 g/mol. The van der Waals surface area contributed by atoms with Crippen LogP contribution in [0.3, 0.4) is 0 Å². The number of carboxylic acid groups (broad SMARTS) is 1. The van der Waals surface area contributed by atoms with Gasteiger partial charge in [0.25, 0.3) is 0 Å². The molecule has 0 saturated heterocycles. The van der Waals surface area contributed by atoms with Crippen molar-refractivity contribution in [3.05, 3.63) is 0 Å². The third-order valence-electron chi connectivity index (χ3n) is 2.45. The molecule has 0 heterocycles. The molecule has 0 aliphatic carbocycles. The van der Waals surface area contributed by atoms with Gasteiger partial charge in [0.2, 0.25) is 0 Å². The Hall–Kier alpha value is -0.150. The summed E-state index contributed by atoms with van der Waals surface area (Å²) in [6.45, 7) is 2.05. The SMILES string of the molecule is CCCCCCCCOS(=O)(=O)OC(=O)CCC(=O)[O-].[Na+]. The molecule has 0 atom stereocenters. The van der Waals surface area contributed by atoms with Crippen LogP contribution in [0.15, 0.2) is 0 Å². The molecule has 0 N–H and O–H groups in total. The van der Waals surface area contributed by atoms with Gasteiger partial charge in [0.05, 0.1) is 13.0 Å². The van der Waals surface area contributed by atoms with Crippen LogP contribution in [0.2, 0.25) is 0 Å². The number of aliphatic carboxylic acids is 1. The summed E-state index contributed by atoms with van der Waals surface area (Å²) in [5.41, 5.74) is 0. The van der Waals surface area contributed by atoms with Crippen LogP contribution < -0.4 is 34.7 Å². The zero-order chi connectivity index (χ0) is 15.4. The number of carbonyl (C=O) groups is 2. The fraction of sp³-hybridized carbons (Fsp3) is 0.833. The Bertz CT molecular complexity index is 394. The van der Waals surface area contributed by atoms with Gasteiger partial charge in [0.15, 0.2) is 0 Å². The van der Waals surface area contributed by atoms with Gasteiger partial charge in [-0.1, -0.05) is 39.0 Å². The maximum absolute atomic E-state index is 11.2. The van der Waals surface area contributed by atoms with Gasteiger partial charge >= 0.3 is 45.9 Å². The Morgan fingerprint density at radius 3 is 2.14 bits per heavy atom. The molecule has 0 aliphatic heterocycles. The van der Waals surface area contributed by atoms with Crippen molar-refractivity contribution in [2.45, 2.75) is 58.3 Å². The summed E-state index contributed by atoms with van der Waals surface area (Å²) >= 11 is 0. The molecule has 0 aliphatic rings. The van der Waals surface area contributed by atoms with Crippen LogP contribution in [-0.4, -0.2) is 27.0 Å². The van der Waals surface area contributed by atoms with E-state index in [9.17, 15) is 23.1 Å². The summed E-state index contributed by atoms with van der Waals surface area (Å²) in [4.78, 5) is 21.1. The second-order valence-corrected chi connectivity index (χ2v) is 5.54. The van der Waals surface area contributed by atoms with Crippen LogP contribution in [0, 0.1) is 0 Å². The largest absolute Gasteiger partial charge is 1.00 e. The van der Waals surface area contributed by atoms with E-state index < -0.39 is 35.2 Å². The Labute approximate surface area is 148 Å². The van der Waals surface area contributed by atoms with Gasteiger partial charge in [0, 0.05) is 5.97 Å². The number of carbonyl (C=O) groups excluding carboxylic acids is 2. The maximum atomic E-state index is 11.2. The van der Waals surface area contributed by atoms with E-state index in [4.69, 9.17) is 0 Å². The van der Waals surface area contributed by atoms with Crippen molar-refractivity contribution in [1.29, 1.82) is 0 Å². The van der Waals surface area contributed by atoms with Crippen molar-refractivity contribution < 1.29 is 61.0 Å². The van der Waals surface area contributed by atoms with E-state index in [1.807, 2.05) is 0 Å². The van der Waals surface area contributed by atoms with E-state index in [2.05, 4.69) is 15.3 Å². The summed E-state index contributed by atoms with van der Waals surface area (Å²) in [6, 6.07) is 0. The zero-order valence-electron chi connectivity index (χ0n) is 12.6. The molecule has 0 radical (unpaired) electrons. The van der Waals surface area contributed by atoms with E-state index in [-0.39, 0.29) is 36.2 Å². The second-order valence-electron chi connectivity index (χ2n) is 4.33. The summed E-state index contributed by atoms with van der Waals surface area (Å²) in [6.07, 6.45) is 4.62. The fourth-order valence-electron chi connectivity index (χ4n) is 1.43. The molecule has 0 saturated carbocycles. The van der Waals surface area contributed by atoms with Crippen molar-refractivity contribution in [3.8, 4) is 0 Å². The van der Waals surface area contributed by atoms with Gasteiger partial charge in [-0.25, -0.2) is 4.18 Å². The standard InChI is InChI=1S/C12H22O7S.Na/c1-2-3-4-5-6-7-10-18-20(16,17)19-12(15)9-8-11(13)14;/h2-10H2,1H3,(H,13,14);/q;+1/p-1. The minimum absolute atomic E-state index is 0. The molecule has 0 spiro atoms. The number of hydrogen-bond acceptors (Lipinski definition) is 7. The number of hydrogen-bond donors (Lipinski definition) is 0. The van der Waals surface area contributed by atoms with E-state index in [0.29, 0.717) is 6.42 Å². The summed E-state index contributed by atoms with van der Waals surface area (Å²) < 4.78 is 30.9. The average Bonchev–Trinajstić information content (AvgIpc) is 2.34. The third kappa shape index (κ3) is 16.1. The molecule has 0 unspecified atom stereocenters. The second kappa shape index (κ2) is 13.5. The zero-order valence-corrected chi connectivity index (χ0v) is 15.4. The van der Waals surface area contributed by atoms with Crippen LogP contribution in [0.5, 0.6) is 0 Å². The smallest absolute Gasteiger partial charge is 0.550 e. The van der Waals surface area contributed by atoms with E-state index >= 15 is 0 Å². The normalized spacial score (nSPS) is 10.7. The van der Waals surface area contributed by atoms with E-state index in [0.717, 1.165) is 32.1 Å². The van der Waals surface area contributed by atoms with Gasteiger partial charge in [-0.2, -0.15) is 8.42 Å².